The highest BCUT2D eigenvalue weighted by atomic mass is 19.4. The van der Waals surface area contributed by atoms with Gasteiger partial charge in [0, 0.05) is 24.0 Å². The Morgan fingerprint density at radius 2 is 2.00 bits per heavy atom. The van der Waals surface area contributed by atoms with E-state index in [4.69, 9.17) is 0 Å². The van der Waals surface area contributed by atoms with Crippen molar-refractivity contribution < 1.29 is 18.0 Å². The van der Waals surface area contributed by atoms with Gasteiger partial charge in [0.25, 0.3) is 0 Å². The lowest BCUT2D eigenvalue weighted by atomic mass is 10.1. The van der Waals surface area contributed by atoms with Gasteiger partial charge in [-0.25, -0.2) is 4.98 Å². The number of carbonyl (C=O) groups is 1. The monoisotopic (exact) mass is 430 g/mol. The molecule has 2 aromatic rings. The van der Waals surface area contributed by atoms with Crippen molar-refractivity contribution in [3.8, 4) is 6.07 Å². The first-order valence-electron chi connectivity index (χ1n) is 10.2. The van der Waals surface area contributed by atoms with Crippen molar-refractivity contribution in [3.63, 3.8) is 0 Å². The zero-order valence-corrected chi connectivity index (χ0v) is 18.0. The molecular formula is C23H25F3N4O. The van der Waals surface area contributed by atoms with Crippen molar-refractivity contribution in [3.05, 3.63) is 52.7 Å². The maximum atomic E-state index is 13.6. The number of hydrogen-bond donors (Lipinski definition) is 0. The van der Waals surface area contributed by atoms with E-state index < -0.39 is 23.3 Å². The summed E-state index contributed by atoms with van der Waals surface area (Å²) in [6, 6.07) is 9.27. The summed E-state index contributed by atoms with van der Waals surface area (Å²) in [6.45, 7) is 7.54. The van der Waals surface area contributed by atoms with Crippen LogP contribution in [0.25, 0.3) is 0 Å². The SMILES string of the molecule is Cc1cccc(N(C(=O)C2CCCN2c2nc(C)cc(C(F)(F)F)c2C#N)C(C)C)c1. The van der Waals surface area contributed by atoms with Crippen molar-refractivity contribution in [1.82, 2.24) is 4.98 Å². The number of nitrogens with zero attached hydrogens (tertiary/aromatic N) is 4. The Labute approximate surface area is 180 Å². The number of amides is 1. The lowest BCUT2D eigenvalue weighted by molar-refractivity contribution is -0.137. The van der Waals surface area contributed by atoms with Gasteiger partial charge in [0.15, 0.2) is 0 Å². The molecule has 3 rings (SSSR count). The Balaban J connectivity index is 2.06. The third-order valence-corrected chi connectivity index (χ3v) is 5.39. The largest absolute Gasteiger partial charge is 0.417 e. The average molecular weight is 430 g/mol. The molecule has 5 nitrogen and oxygen atoms in total. The number of halogens is 3. The second-order valence-corrected chi connectivity index (χ2v) is 8.11. The van der Waals surface area contributed by atoms with Crippen molar-refractivity contribution in [2.24, 2.45) is 0 Å². The molecule has 2 heterocycles. The fourth-order valence-corrected chi connectivity index (χ4v) is 4.09. The average Bonchev–Trinajstić information content (AvgIpc) is 3.16. The van der Waals surface area contributed by atoms with Crippen LogP contribution < -0.4 is 9.80 Å². The first-order valence-corrected chi connectivity index (χ1v) is 10.2. The number of benzene rings is 1. The summed E-state index contributed by atoms with van der Waals surface area (Å²) in [6.07, 6.45) is -3.58. The molecule has 1 atom stereocenters. The Bertz CT molecular complexity index is 1030. The normalized spacial score (nSPS) is 16.5. The molecule has 1 aromatic heterocycles. The van der Waals surface area contributed by atoms with Crippen LogP contribution in [0.5, 0.6) is 0 Å². The van der Waals surface area contributed by atoms with E-state index in [9.17, 15) is 23.2 Å². The molecule has 8 heteroatoms. The molecule has 164 valence electrons. The Morgan fingerprint density at radius 1 is 1.29 bits per heavy atom. The molecule has 31 heavy (non-hydrogen) atoms. The number of nitriles is 1. The highest BCUT2D eigenvalue weighted by molar-refractivity contribution is 6.00. The molecule has 0 bridgehead atoms. The number of pyridine rings is 1. The molecule has 1 aliphatic rings. The summed E-state index contributed by atoms with van der Waals surface area (Å²) in [7, 11) is 0. The minimum atomic E-state index is -4.68. The van der Waals surface area contributed by atoms with Crippen LogP contribution in [-0.2, 0) is 11.0 Å². The first-order chi connectivity index (χ1) is 14.5. The summed E-state index contributed by atoms with van der Waals surface area (Å²) < 4.78 is 40.7. The standard InChI is InChI=1S/C23H25F3N4O/c1-14(2)30(17-8-5-7-15(3)11-17)22(31)20-9-6-10-29(20)21-18(13-27)19(23(24,25)26)12-16(4)28-21/h5,7-8,11-12,14,20H,6,9-10H2,1-4H3. The smallest absolute Gasteiger partial charge is 0.343 e. The molecule has 0 aliphatic carbocycles. The second-order valence-electron chi connectivity index (χ2n) is 8.11. The summed E-state index contributed by atoms with van der Waals surface area (Å²) >= 11 is 0. The van der Waals surface area contributed by atoms with E-state index in [-0.39, 0.29) is 23.5 Å². The molecule has 0 saturated carbocycles. The van der Waals surface area contributed by atoms with Gasteiger partial charge in [-0.2, -0.15) is 18.4 Å². The predicted octanol–water partition coefficient (Wildman–Crippen LogP) is 5.00. The van der Waals surface area contributed by atoms with Gasteiger partial charge in [-0.3, -0.25) is 4.79 Å². The molecule has 1 aliphatic heterocycles. The lowest BCUT2D eigenvalue weighted by Crippen LogP contribution is -2.49. The summed E-state index contributed by atoms with van der Waals surface area (Å²) in [4.78, 5) is 21.1. The van der Waals surface area contributed by atoms with Crippen LogP contribution in [-0.4, -0.2) is 29.5 Å². The van der Waals surface area contributed by atoms with Gasteiger partial charge in [0.05, 0.1) is 5.56 Å². The molecule has 0 spiro atoms. The number of alkyl halides is 3. The zero-order chi connectivity index (χ0) is 22.9. The molecule has 1 saturated heterocycles. The van der Waals surface area contributed by atoms with Crippen LogP contribution in [0, 0.1) is 25.2 Å². The topological polar surface area (TPSA) is 60.2 Å². The van der Waals surface area contributed by atoms with Crippen molar-refractivity contribution in [2.75, 3.05) is 16.3 Å². The van der Waals surface area contributed by atoms with E-state index in [0.29, 0.717) is 19.4 Å². The maximum absolute atomic E-state index is 13.6. The number of anilines is 2. The highest BCUT2D eigenvalue weighted by Gasteiger charge is 2.41. The van der Waals surface area contributed by atoms with E-state index in [1.54, 1.807) is 15.9 Å². The summed E-state index contributed by atoms with van der Waals surface area (Å²) in [5.41, 5.74) is 0.333. The van der Waals surface area contributed by atoms with Crippen molar-refractivity contribution in [2.45, 2.75) is 58.8 Å². The van der Waals surface area contributed by atoms with Gasteiger partial charge in [-0.1, -0.05) is 12.1 Å². The minimum absolute atomic E-state index is 0.0707. The number of aryl methyl sites for hydroxylation is 2. The van der Waals surface area contributed by atoms with Gasteiger partial charge in [0.2, 0.25) is 5.91 Å². The highest BCUT2D eigenvalue weighted by Crippen LogP contribution is 2.38. The molecule has 1 amide bonds. The van der Waals surface area contributed by atoms with Crippen molar-refractivity contribution in [1.29, 1.82) is 5.26 Å². The number of rotatable bonds is 4. The Kier molecular flexibility index (Phi) is 6.25. The summed E-state index contributed by atoms with van der Waals surface area (Å²) in [5.74, 6) is -0.280. The molecule has 1 fully saturated rings. The second kappa shape index (κ2) is 8.58. The summed E-state index contributed by atoms with van der Waals surface area (Å²) in [5, 5.41) is 9.53. The van der Waals surface area contributed by atoms with Crippen LogP contribution in [0.4, 0.5) is 24.7 Å². The number of hydrogen-bond acceptors (Lipinski definition) is 4. The van der Waals surface area contributed by atoms with Gasteiger partial charge >= 0.3 is 6.18 Å². The van der Waals surface area contributed by atoms with E-state index in [0.717, 1.165) is 17.3 Å². The molecule has 0 N–H and O–H groups in total. The van der Waals surface area contributed by atoms with E-state index in [1.165, 1.54) is 6.92 Å². The predicted molar refractivity (Wildman–Crippen MR) is 113 cm³/mol. The fourth-order valence-electron chi connectivity index (χ4n) is 4.09. The van der Waals surface area contributed by atoms with E-state index >= 15 is 0 Å². The zero-order valence-electron chi connectivity index (χ0n) is 18.0. The van der Waals surface area contributed by atoms with Gasteiger partial charge in [0.1, 0.15) is 23.5 Å². The van der Waals surface area contributed by atoms with Gasteiger partial charge in [-0.15, -0.1) is 0 Å². The molecule has 1 unspecified atom stereocenters. The molecule has 0 radical (unpaired) electrons. The quantitative estimate of drug-likeness (QED) is 0.685. The van der Waals surface area contributed by atoms with Gasteiger partial charge < -0.3 is 9.80 Å². The van der Waals surface area contributed by atoms with Crippen LogP contribution in [0.3, 0.4) is 0 Å². The Morgan fingerprint density at radius 3 is 2.58 bits per heavy atom. The molecular weight excluding hydrogens is 405 g/mol. The number of carbonyl (C=O) groups excluding carboxylic acids is 1. The lowest BCUT2D eigenvalue weighted by Gasteiger charge is -2.34. The third-order valence-electron chi connectivity index (χ3n) is 5.39. The van der Waals surface area contributed by atoms with E-state index in [2.05, 4.69) is 4.98 Å². The fraction of sp³-hybridized carbons (Fsp3) is 0.435. The van der Waals surface area contributed by atoms with E-state index in [1.807, 2.05) is 45.0 Å². The third kappa shape index (κ3) is 4.50. The van der Waals surface area contributed by atoms with Gasteiger partial charge in [-0.05, 0) is 64.3 Å². The molecule has 1 aromatic carbocycles. The number of aromatic nitrogens is 1. The Hall–Kier alpha value is -3.08. The van der Waals surface area contributed by atoms with Crippen LogP contribution in [0.15, 0.2) is 30.3 Å². The van der Waals surface area contributed by atoms with Crippen LogP contribution in [0.1, 0.15) is 49.1 Å². The van der Waals surface area contributed by atoms with Crippen LogP contribution in [0.2, 0.25) is 0 Å². The first kappa shape index (κ1) is 22.6. The minimum Gasteiger partial charge on any atom is -0.343 e. The van der Waals surface area contributed by atoms with Crippen LogP contribution >= 0.6 is 0 Å². The maximum Gasteiger partial charge on any atom is 0.417 e. The van der Waals surface area contributed by atoms with Crippen molar-refractivity contribution >= 4 is 17.4 Å².